The molecule has 2 N–H and O–H groups in total. The van der Waals surface area contributed by atoms with Crippen molar-refractivity contribution in [1.29, 1.82) is 0 Å². The lowest BCUT2D eigenvalue weighted by atomic mass is 10.1. The Kier molecular flexibility index (Phi) is 2.78. The number of rotatable bonds is 3. The topological polar surface area (TPSA) is 101 Å². The number of nitrogens with zero attached hydrogens (tertiary/aromatic N) is 1. The lowest BCUT2D eigenvalue weighted by Gasteiger charge is -2.01. The van der Waals surface area contributed by atoms with Crippen LogP contribution >= 0.6 is 0 Å². The number of carboxylic acid groups (broad SMARTS) is 1. The first-order valence-electron chi connectivity index (χ1n) is 3.67. The van der Waals surface area contributed by atoms with Crippen LogP contribution in [-0.2, 0) is 6.61 Å². The normalized spacial score (nSPS) is 9.79. The van der Waals surface area contributed by atoms with E-state index in [0.717, 1.165) is 12.1 Å². The summed E-state index contributed by atoms with van der Waals surface area (Å²) >= 11 is 0. The van der Waals surface area contributed by atoms with Gasteiger partial charge in [-0.1, -0.05) is 0 Å². The summed E-state index contributed by atoms with van der Waals surface area (Å²) < 4.78 is 0. The highest BCUT2D eigenvalue weighted by atomic mass is 16.6. The zero-order valence-electron chi connectivity index (χ0n) is 7.01. The number of hydrogen-bond acceptors (Lipinski definition) is 4. The van der Waals surface area contributed by atoms with Gasteiger partial charge < -0.3 is 10.2 Å². The molecule has 0 aliphatic carbocycles. The summed E-state index contributed by atoms with van der Waals surface area (Å²) in [6.07, 6.45) is 0. The molecule has 0 radical (unpaired) electrons. The van der Waals surface area contributed by atoms with Crippen molar-refractivity contribution in [3.8, 4) is 0 Å². The summed E-state index contributed by atoms with van der Waals surface area (Å²) in [7, 11) is 0. The Morgan fingerprint density at radius 1 is 1.50 bits per heavy atom. The maximum atomic E-state index is 10.6. The third kappa shape index (κ3) is 1.86. The van der Waals surface area contributed by atoms with E-state index < -0.39 is 17.5 Å². The van der Waals surface area contributed by atoms with Gasteiger partial charge in [0.25, 0.3) is 5.69 Å². The molecule has 0 fully saturated rings. The van der Waals surface area contributed by atoms with Gasteiger partial charge in [0, 0.05) is 12.1 Å². The number of nitro benzene ring substituents is 1. The summed E-state index contributed by atoms with van der Waals surface area (Å²) in [4.78, 5) is 20.3. The van der Waals surface area contributed by atoms with Crippen molar-refractivity contribution in [2.45, 2.75) is 6.61 Å². The quantitative estimate of drug-likeness (QED) is 0.550. The van der Waals surface area contributed by atoms with E-state index in [0.29, 0.717) is 0 Å². The third-order valence-electron chi connectivity index (χ3n) is 1.71. The molecule has 14 heavy (non-hydrogen) atoms. The molecule has 0 heterocycles. The summed E-state index contributed by atoms with van der Waals surface area (Å²) in [5, 5.41) is 27.8. The molecular weight excluding hydrogens is 190 g/mol. The molecule has 0 bridgehead atoms. The smallest absolute Gasteiger partial charge is 0.336 e. The van der Waals surface area contributed by atoms with E-state index in [1.807, 2.05) is 0 Å². The lowest BCUT2D eigenvalue weighted by molar-refractivity contribution is -0.384. The van der Waals surface area contributed by atoms with Crippen molar-refractivity contribution in [3.63, 3.8) is 0 Å². The predicted octanol–water partition coefficient (Wildman–Crippen LogP) is 0.785. The third-order valence-corrected chi connectivity index (χ3v) is 1.71. The van der Waals surface area contributed by atoms with Crippen LogP contribution in [-0.4, -0.2) is 21.1 Å². The Bertz CT molecular complexity index is 387. The fourth-order valence-electron chi connectivity index (χ4n) is 1.01. The minimum atomic E-state index is -1.29. The number of carbonyl (C=O) groups is 1. The van der Waals surface area contributed by atoms with E-state index in [-0.39, 0.29) is 16.8 Å². The number of carboxylic acids is 1. The second-order valence-corrected chi connectivity index (χ2v) is 2.56. The van der Waals surface area contributed by atoms with E-state index in [1.54, 1.807) is 0 Å². The molecule has 1 aromatic carbocycles. The minimum absolute atomic E-state index is 0.156. The van der Waals surface area contributed by atoms with Gasteiger partial charge in [0.05, 0.1) is 17.1 Å². The average molecular weight is 197 g/mol. The van der Waals surface area contributed by atoms with E-state index in [9.17, 15) is 14.9 Å². The van der Waals surface area contributed by atoms with Crippen molar-refractivity contribution in [2.24, 2.45) is 0 Å². The second-order valence-electron chi connectivity index (χ2n) is 2.56. The van der Waals surface area contributed by atoms with Crippen LogP contribution in [0.2, 0.25) is 0 Å². The Labute approximate surface area is 78.6 Å². The summed E-state index contributed by atoms with van der Waals surface area (Å²) in [5.74, 6) is -1.29. The largest absolute Gasteiger partial charge is 0.478 e. The van der Waals surface area contributed by atoms with Gasteiger partial charge in [-0.3, -0.25) is 10.1 Å². The molecule has 0 aliphatic heterocycles. The zero-order valence-corrected chi connectivity index (χ0v) is 7.01. The van der Waals surface area contributed by atoms with E-state index in [4.69, 9.17) is 10.2 Å². The van der Waals surface area contributed by atoms with E-state index >= 15 is 0 Å². The Balaban J connectivity index is 3.27. The maximum absolute atomic E-state index is 10.6. The number of nitro groups is 1. The molecule has 0 saturated carbocycles. The molecule has 6 nitrogen and oxygen atoms in total. The molecule has 0 atom stereocenters. The van der Waals surface area contributed by atoms with Gasteiger partial charge in [-0.2, -0.15) is 0 Å². The Morgan fingerprint density at radius 3 is 2.57 bits per heavy atom. The average Bonchev–Trinajstić information content (AvgIpc) is 2.16. The molecule has 1 aromatic rings. The van der Waals surface area contributed by atoms with E-state index in [2.05, 4.69) is 0 Å². The van der Waals surface area contributed by atoms with Crippen LogP contribution in [0.15, 0.2) is 18.2 Å². The maximum Gasteiger partial charge on any atom is 0.336 e. The number of aliphatic hydroxyl groups excluding tert-OH is 1. The van der Waals surface area contributed by atoms with Crippen molar-refractivity contribution >= 4 is 11.7 Å². The lowest BCUT2D eigenvalue weighted by Crippen LogP contribution is -2.03. The molecule has 0 aliphatic rings. The van der Waals surface area contributed by atoms with E-state index in [1.165, 1.54) is 6.07 Å². The van der Waals surface area contributed by atoms with Crippen LogP contribution in [0.3, 0.4) is 0 Å². The van der Waals surface area contributed by atoms with Gasteiger partial charge in [0.1, 0.15) is 0 Å². The van der Waals surface area contributed by atoms with Gasteiger partial charge >= 0.3 is 5.97 Å². The molecule has 0 saturated heterocycles. The summed E-state index contributed by atoms with van der Waals surface area (Å²) in [5.41, 5.74) is -0.399. The van der Waals surface area contributed by atoms with Crippen molar-refractivity contribution in [2.75, 3.05) is 0 Å². The highest BCUT2D eigenvalue weighted by Crippen LogP contribution is 2.17. The number of aliphatic hydroxyl groups is 1. The molecule has 0 amide bonds. The Morgan fingerprint density at radius 2 is 2.14 bits per heavy atom. The highest BCUT2D eigenvalue weighted by molar-refractivity contribution is 5.90. The van der Waals surface area contributed by atoms with Gasteiger partial charge in [-0.25, -0.2) is 4.79 Å². The fourth-order valence-corrected chi connectivity index (χ4v) is 1.01. The molecule has 74 valence electrons. The van der Waals surface area contributed by atoms with Crippen LogP contribution in [0.1, 0.15) is 15.9 Å². The van der Waals surface area contributed by atoms with Gasteiger partial charge in [-0.15, -0.1) is 0 Å². The number of benzene rings is 1. The second kappa shape index (κ2) is 3.84. The van der Waals surface area contributed by atoms with Crippen LogP contribution in [0.4, 0.5) is 5.69 Å². The summed E-state index contributed by atoms with van der Waals surface area (Å²) in [6, 6.07) is 3.30. The fraction of sp³-hybridized carbons (Fsp3) is 0.125. The molecule has 0 aromatic heterocycles. The standard InChI is InChI=1S/C8H7NO5/c10-4-5-1-2-6(9(13)14)3-7(5)8(11)12/h1-3,10H,4H2,(H,11,12). The Hall–Kier alpha value is -1.95. The zero-order chi connectivity index (χ0) is 10.7. The summed E-state index contributed by atoms with van der Waals surface area (Å²) in [6.45, 7) is -0.459. The SMILES string of the molecule is O=C(O)c1cc([N+](=O)[O-])ccc1CO. The molecule has 0 spiro atoms. The molecule has 0 unspecified atom stereocenters. The van der Waals surface area contributed by atoms with Crippen LogP contribution in [0.5, 0.6) is 0 Å². The first kappa shape index (κ1) is 10.1. The van der Waals surface area contributed by atoms with Crippen molar-refractivity contribution in [3.05, 3.63) is 39.4 Å². The van der Waals surface area contributed by atoms with Gasteiger partial charge in [0.15, 0.2) is 0 Å². The molecule has 1 rings (SSSR count). The van der Waals surface area contributed by atoms with Crippen molar-refractivity contribution < 1.29 is 19.9 Å². The van der Waals surface area contributed by atoms with Crippen molar-refractivity contribution in [1.82, 2.24) is 0 Å². The number of aromatic carboxylic acids is 1. The van der Waals surface area contributed by atoms with Gasteiger partial charge in [0.2, 0.25) is 0 Å². The van der Waals surface area contributed by atoms with Gasteiger partial charge in [-0.05, 0) is 11.6 Å². The molecular formula is C8H7NO5. The first-order valence-corrected chi connectivity index (χ1v) is 3.67. The van der Waals surface area contributed by atoms with Crippen LogP contribution in [0.25, 0.3) is 0 Å². The first-order chi connectivity index (χ1) is 6.56. The monoisotopic (exact) mass is 197 g/mol. The van der Waals surface area contributed by atoms with Crippen LogP contribution < -0.4 is 0 Å². The predicted molar refractivity (Wildman–Crippen MR) is 46.0 cm³/mol. The minimum Gasteiger partial charge on any atom is -0.478 e. The highest BCUT2D eigenvalue weighted by Gasteiger charge is 2.14. The number of hydrogen-bond donors (Lipinski definition) is 2. The van der Waals surface area contributed by atoms with Crippen LogP contribution in [0, 0.1) is 10.1 Å². The molecule has 6 heteroatoms. The number of non-ortho nitro benzene ring substituents is 1.